The first kappa shape index (κ1) is 11.2. The number of nitrogens with one attached hydrogen (secondary N) is 1. The smallest absolute Gasteiger partial charge is 0.0331 e. The summed E-state index contributed by atoms with van der Waals surface area (Å²) in [5.74, 6) is 0.800. The summed E-state index contributed by atoms with van der Waals surface area (Å²) in [6.45, 7) is 5.75. The number of aryl methyl sites for hydroxylation is 1. The van der Waals surface area contributed by atoms with Crippen molar-refractivity contribution in [3.8, 4) is 0 Å². The van der Waals surface area contributed by atoms with Crippen LogP contribution in [0.15, 0.2) is 11.4 Å². The van der Waals surface area contributed by atoms with Gasteiger partial charge in [0, 0.05) is 10.9 Å². The van der Waals surface area contributed by atoms with E-state index in [1.165, 1.54) is 25.7 Å². The molecular formula is C13H21NS. The summed E-state index contributed by atoms with van der Waals surface area (Å²) in [6.07, 6.45) is 5.25. The minimum atomic E-state index is 0.633. The summed E-state index contributed by atoms with van der Waals surface area (Å²) < 4.78 is 0. The molecule has 0 bridgehead atoms. The van der Waals surface area contributed by atoms with Crippen molar-refractivity contribution >= 4 is 11.3 Å². The van der Waals surface area contributed by atoms with Crippen LogP contribution in [0.4, 0.5) is 0 Å². The molecule has 1 aromatic heterocycles. The molecule has 1 aliphatic rings. The van der Waals surface area contributed by atoms with E-state index >= 15 is 0 Å². The van der Waals surface area contributed by atoms with Crippen LogP contribution in [0.5, 0.6) is 0 Å². The Morgan fingerprint density at radius 1 is 1.60 bits per heavy atom. The molecule has 0 saturated carbocycles. The van der Waals surface area contributed by atoms with E-state index in [2.05, 4.69) is 30.6 Å². The highest BCUT2D eigenvalue weighted by molar-refractivity contribution is 7.10. The van der Waals surface area contributed by atoms with Crippen molar-refractivity contribution in [1.82, 2.24) is 5.32 Å². The lowest BCUT2D eigenvalue weighted by Gasteiger charge is -2.25. The van der Waals surface area contributed by atoms with E-state index in [-0.39, 0.29) is 0 Å². The van der Waals surface area contributed by atoms with E-state index in [1.807, 2.05) is 11.3 Å². The zero-order valence-electron chi connectivity index (χ0n) is 9.75. The molecule has 0 saturated heterocycles. The molecule has 0 spiro atoms. The third-order valence-corrected chi connectivity index (χ3v) is 4.46. The first-order chi connectivity index (χ1) is 7.31. The molecule has 1 heterocycles. The summed E-state index contributed by atoms with van der Waals surface area (Å²) in [4.78, 5) is 1.61. The maximum absolute atomic E-state index is 3.72. The fourth-order valence-electron chi connectivity index (χ4n) is 2.19. The fraction of sp³-hybridized carbons (Fsp3) is 0.692. The quantitative estimate of drug-likeness (QED) is 0.819. The number of thiophene rings is 1. The molecule has 0 amide bonds. The molecule has 0 fully saturated rings. The lowest BCUT2D eigenvalue weighted by Crippen LogP contribution is -2.28. The summed E-state index contributed by atoms with van der Waals surface area (Å²) in [5.41, 5.74) is 1.58. The molecule has 0 aliphatic heterocycles. The van der Waals surface area contributed by atoms with Crippen LogP contribution >= 0.6 is 11.3 Å². The highest BCUT2D eigenvalue weighted by Crippen LogP contribution is 2.33. The van der Waals surface area contributed by atoms with Crippen LogP contribution in [0.3, 0.4) is 0 Å². The van der Waals surface area contributed by atoms with Crippen LogP contribution in [0, 0.1) is 5.92 Å². The molecule has 2 rings (SSSR count). The highest BCUT2D eigenvalue weighted by atomic mass is 32.1. The molecule has 1 aliphatic carbocycles. The minimum Gasteiger partial charge on any atom is -0.310 e. The van der Waals surface area contributed by atoms with Gasteiger partial charge in [-0.05, 0) is 48.7 Å². The van der Waals surface area contributed by atoms with Crippen molar-refractivity contribution in [1.29, 1.82) is 0 Å². The van der Waals surface area contributed by atoms with Crippen LogP contribution in [0.25, 0.3) is 0 Å². The van der Waals surface area contributed by atoms with Gasteiger partial charge in [-0.2, -0.15) is 0 Å². The average Bonchev–Trinajstić information content (AvgIpc) is 2.74. The van der Waals surface area contributed by atoms with Crippen molar-refractivity contribution in [2.45, 2.75) is 45.6 Å². The van der Waals surface area contributed by atoms with E-state index in [0.717, 1.165) is 12.5 Å². The normalized spacial score (nSPS) is 22.4. The molecular weight excluding hydrogens is 202 g/mol. The van der Waals surface area contributed by atoms with Crippen LogP contribution in [0.2, 0.25) is 0 Å². The molecule has 1 nitrogen and oxygen atoms in total. The van der Waals surface area contributed by atoms with E-state index in [4.69, 9.17) is 0 Å². The van der Waals surface area contributed by atoms with Crippen LogP contribution in [-0.2, 0) is 6.42 Å². The molecule has 0 radical (unpaired) electrons. The van der Waals surface area contributed by atoms with Gasteiger partial charge in [0.25, 0.3) is 0 Å². The minimum absolute atomic E-state index is 0.633. The zero-order chi connectivity index (χ0) is 10.7. The van der Waals surface area contributed by atoms with Gasteiger partial charge in [0.15, 0.2) is 0 Å². The van der Waals surface area contributed by atoms with Gasteiger partial charge < -0.3 is 5.32 Å². The Bertz CT molecular complexity index is 305. The van der Waals surface area contributed by atoms with Gasteiger partial charge >= 0.3 is 0 Å². The SMILES string of the molecule is CCC(C)CNC1CCCc2sccc21. The standard InChI is InChI=1S/C13H21NS/c1-3-10(2)9-14-12-5-4-6-13-11(12)7-8-15-13/h7-8,10,12,14H,3-6,9H2,1-2H3. The first-order valence-corrected chi connectivity index (χ1v) is 6.99. The Morgan fingerprint density at radius 3 is 3.27 bits per heavy atom. The molecule has 1 aromatic rings. The zero-order valence-corrected chi connectivity index (χ0v) is 10.6. The van der Waals surface area contributed by atoms with Crippen molar-refractivity contribution < 1.29 is 0 Å². The Hall–Kier alpha value is -0.340. The lowest BCUT2D eigenvalue weighted by molar-refractivity contribution is 0.411. The van der Waals surface area contributed by atoms with Crippen LogP contribution in [0.1, 0.15) is 49.6 Å². The molecule has 84 valence electrons. The third-order valence-electron chi connectivity index (χ3n) is 3.46. The summed E-state index contributed by atoms with van der Waals surface area (Å²) in [6, 6.07) is 2.95. The molecule has 1 N–H and O–H groups in total. The Balaban J connectivity index is 1.95. The van der Waals surface area contributed by atoms with E-state index < -0.39 is 0 Å². The fourth-order valence-corrected chi connectivity index (χ4v) is 3.17. The second kappa shape index (κ2) is 5.13. The predicted molar refractivity (Wildman–Crippen MR) is 67.5 cm³/mol. The van der Waals surface area contributed by atoms with E-state index in [0.29, 0.717) is 6.04 Å². The van der Waals surface area contributed by atoms with Gasteiger partial charge in [0.2, 0.25) is 0 Å². The van der Waals surface area contributed by atoms with Crippen molar-refractivity contribution in [2.75, 3.05) is 6.54 Å². The lowest BCUT2D eigenvalue weighted by atomic mass is 9.93. The van der Waals surface area contributed by atoms with Gasteiger partial charge in [-0.1, -0.05) is 20.3 Å². The van der Waals surface area contributed by atoms with Crippen LogP contribution in [-0.4, -0.2) is 6.54 Å². The van der Waals surface area contributed by atoms with Crippen LogP contribution < -0.4 is 5.32 Å². The Labute approximate surface area is 96.9 Å². The molecule has 0 aromatic carbocycles. The van der Waals surface area contributed by atoms with Gasteiger partial charge in [-0.15, -0.1) is 11.3 Å². The predicted octanol–water partition coefficient (Wildman–Crippen LogP) is 3.76. The maximum atomic E-state index is 3.72. The second-order valence-electron chi connectivity index (χ2n) is 4.67. The third kappa shape index (κ3) is 2.61. The first-order valence-electron chi connectivity index (χ1n) is 6.11. The van der Waals surface area contributed by atoms with E-state index in [9.17, 15) is 0 Å². The monoisotopic (exact) mass is 223 g/mol. The number of rotatable bonds is 4. The summed E-state index contributed by atoms with van der Waals surface area (Å²) in [7, 11) is 0. The van der Waals surface area contributed by atoms with Crippen molar-refractivity contribution in [2.24, 2.45) is 5.92 Å². The number of hydrogen-bond donors (Lipinski definition) is 1. The average molecular weight is 223 g/mol. The topological polar surface area (TPSA) is 12.0 Å². The van der Waals surface area contributed by atoms with Gasteiger partial charge in [-0.3, -0.25) is 0 Å². The second-order valence-corrected chi connectivity index (χ2v) is 5.67. The number of hydrogen-bond acceptors (Lipinski definition) is 2. The highest BCUT2D eigenvalue weighted by Gasteiger charge is 2.20. The summed E-state index contributed by atoms with van der Waals surface area (Å²) >= 11 is 1.93. The largest absolute Gasteiger partial charge is 0.310 e. The Morgan fingerprint density at radius 2 is 2.47 bits per heavy atom. The summed E-state index contributed by atoms with van der Waals surface area (Å²) in [5, 5.41) is 5.97. The van der Waals surface area contributed by atoms with Gasteiger partial charge in [0.1, 0.15) is 0 Å². The molecule has 2 unspecified atom stereocenters. The van der Waals surface area contributed by atoms with E-state index in [1.54, 1.807) is 10.4 Å². The molecule has 15 heavy (non-hydrogen) atoms. The number of fused-ring (bicyclic) bond motifs is 1. The molecule has 2 atom stereocenters. The van der Waals surface area contributed by atoms with Gasteiger partial charge in [0.05, 0.1) is 0 Å². The van der Waals surface area contributed by atoms with Gasteiger partial charge in [-0.25, -0.2) is 0 Å². The van der Waals surface area contributed by atoms with Crippen molar-refractivity contribution in [3.63, 3.8) is 0 Å². The molecule has 2 heteroatoms. The Kier molecular flexibility index (Phi) is 3.81. The maximum Gasteiger partial charge on any atom is 0.0331 e. The van der Waals surface area contributed by atoms with Crippen molar-refractivity contribution in [3.05, 3.63) is 21.9 Å².